The van der Waals surface area contributed by atoms with Gasteiger partial charge in [0.2, 0.25) is 0 Å². The average molecular weight is 437 g/mol. The van der Waals surface area contributed by atoms with Crippen molar-refractivity contribution in [2.24, 2.45) is 0 Å². The molecule has 1 aliphatic heterocycles. The molecule has 4 rings (SSSR count). The summed E-state index contributed by atoms with van der Waals surface area (Å²) in [6, 6.07) is 17.2. The molecule has 0 radical (unpaired) electrons. The first-order valence-electron chi connectivity index (χ1n) is 10.1. The molecule has 0 spiro atoms. The Bertz CT molecular complexity index is 1070. The van der Waals surface area contributed by atoms with Crippen LogP contribution in [-0.2, 0) is 11.3 Å². The zero-order valence-corrected chi connectivity index (χ0v) is 17.7. The van der Waals surface area contributed by atoms with Crippen molar-refractivity contribution in [3.05, 3.63) is 77.1 Å². The third kappa shape index (κ3) is 5.44. The number of aromatic carboxylic acids is 1. The number of pyridine rings is 1. The van der Waals surface area contributed by atoms with Gasteiger partial charge in [0, 0.05) is 30.9 Å². The number of benzene rings is 2. The van der Waals surface area contributed by atoms with Crippen molar-refractivity contribution in [3.63, 3.8) is 0 Å². The van der Waals surface area contributed by atoms with Gasteiger partial charge in [-0.25, -0.2) is 9.78 Å². The Hall–Kier alpha value is -2.87. The van der Waals surface area contributed by atoms with E-state index in [1.54, 1.807) is 12.1 Å². The highest BCUT2D eigenvalue weighted by Crippen LogP contribution is 2.23. The predicted octanol–water partition coefficient (Wildman–Crippen LogP) is 2.99. The van der Waals surface area contributed by atoms with Crippen molar-refractivity contribution in [1.82, 2.24) is 9.88 Å². The van der Waals surface area contributed by atoms with Gasteiger partial charge < -0.3 is 14.5 Å². The normalized spacial score (nSPS) is 14.2. The highest BCUT2D eigenvalue weighted by Gasteiger charge is 2.16. The summed E-state index contributed by atoms with van der Waals surface area (Å²) in [5.74, 6) is -0.879. The third-order valence-corrected chi connectivity index (χ3v) is 5.41. The molecular weight excluding hydrogens is 415 g/mol. The number of hydrogen-bond acceptors (Lipinski definition) is 5. The number of carboxylic acid groups (broad SMARTS) is 1. The fourth-order valence-corrected chi connectivity index (χ4v) is 3.80. The summed E-state index contributed by atoms with van der Waals surface area (Å²) in [6.07, 6.45) is 1.44. The monoisotopic (exact) mass is 436 g/mol. The molecule has 0 aliphatic carbocycles. The van der Waals surface area contributed by atoms with Crippen molar-refractivity contribution in [3.8, 4) is 16.9 Å². The zero-order chi connectivity index (χ0) is 21.6. The average Bonchev–Trinajstić information content (AvgIpc) is 2.79. The van der Waals surface area contributed by atoms with Crippen molar-refractivity contribution in [2.75, 3.05) is 26.3 Å². The lowest BCUT2D eigenvalue weighted by Crippen LogP contribution is -2.35. The van der Waals surface area contributed by atoms with Gasteiger partial charge in [-0.2, -0.15) is 0 Å². The smallest absolute Gasteiger partial charge is 0.374 e. The molecule has 2 aromatic carbocycles. The van der Waals surface area contributed by atoms with E-state index in [1.807, 2.05) is 30.3 Å². The van der Waals surface area contributed by atoms with Gasteiger partial charge in [-0.05, 0) is 46.4 Å². The molecule has 6 nitrogen and oxygen atoms in total. The van der Waals surface area contributed by atoms with Gasteiger partial charge in [0.1, 0.15) is 5.75 Å². The SMILES string of the molecule is O=C(O)c1ncccc1OBc1ccc(CN2CCOCC2)cc1-c1cccc(Cl)c1. The zero-order valence-electron chi connectivity index (χ0n) is 17.0. The minimum Gasteiger partial charge on any atom is -0.557 e. The Balaban J connectivity index is 1.62. The first kappa shape index (κ1) is 21.4. The van der Waals surface area contributed by atoms with E-state index in [4.69, 9.17) is 21.0 Å². The molecule has 158 valence electrons. The van der Waals surface area contributed by atoms with E-state index >= 15 is 0 Å². The van der Waals surface area contributed by atoms with Gasteiger partial charge in [-0.15, -0.1) is 0 Å². The van der Waals surface area contributed by atoms with E-state index < -0.39 is 5.97 Å². The lowest BCUT2D eigenvalue weighted by molar-refractivity contribution is 0.0342. The summed E-state index contributed by atoms with van der Waals surface area (Å²) in [4.78, 5) is 17.7. The van der Waals surface area contributed by atoms with Crippen LogP contribution in [0.25, 0.3) is 11.1 Å². The van der Waals surface area contributed by atoms with Crippen LogP contribution in [0.1, 0.15) is 16.1 Å². The second-order valence-corrected chi connectivity index (χ2v) is 7.77. The summed E-state index contributed by atoms with van der Waals surface area (Å²) in [6.45, 7) is 4.17. The van der Waals surface area contributed by atoms with Crippen LogP contribution in [0, 0.1) is 0 Å². The van der Waals surface area contributed by atoms with E-state index in [-0.39, 0.29) is 18.9 Å². The minimum atomic E-state index is -1.12. The van der Waals surface area contributed by atoms with E-state index in [2.05, 4.69) is 22.0 Å². The summed E-state index contributed by atoms with van der Waals surface area (Å²) < 4.78 is 11.3. The third-order valence-electron chi connectivity index (χ3n) is 5.18. The Morgan fingerprint density at radius 2 is 2.00 bits per heavy atom. The summed E-state index contributed by atoms with van der Waals surface area (Å²) in [5, 5.41) is 10.0. The molecule has 8 heteroatoms. The number of nitrogens with zero attached hydrogens (tertiary/aromatic N) is 2. The molecule has 31 heavy (non-hydrogen) atoms. The molecule has 1 saturated heterocycles. The van der Waals surface area contributed by atoms with Gasteiger partial charge in [0.05, 0.1) is 13.2 Å². The first-order valence-corrected chi connectivity index (χ1v) is 10.5. The van der Waals surface area contributed by atoms with Crippen LogP contribution < -0.4 is 10.1 Å². The van der Waals surface area contributed by atoms with E-state index in [0.29, 0.717) is 5.02 Å². The molecule has 1 aromatic heterocycles. The Morgan fingerprint density at radius 1 is 1.16 bits per heavy atom. The second-order valence-electron chi connectivity index (χ2n) is 7.33. The predicted molar refractivity (Wildman–Crippen MR) is 122 cm³/mol. The number of halogens is 1. The summed E-state index contributed by atoms with van der Waals surface area (Å²) in [7, 11) is 0.214. The molecular formula is C23H22BClN2O4. The first-order chi connectivity index (χ1) is 15.1. The number of rotatable bonds is 7. The molecule has 0 amide bonds. The Kier molecular flexibility index (Phi) is 6.87. The van der Waals surface area contributed by atoms with Crippen molar-refractivity contribution in [1.29, 1.82) is 0 Å². The van der Waals surface area contributed by atoms with Crippen LogP contribution in [0.15, 0.2) is 60.8 Å². The second kappa shape index (κ2) is 9.96. The molecule has 2 heterocycles. The molecule has 0 unspecified atom stereocenters. The minimum absolute atomic E-state index is 0.101. The van der Waals surface area contributed by atoms with E-state index in [0.717, 1.165) is 49.4 Å². The summed E-state index contributed by atoms with van der Waals surface area (Å²) >= 11 is 6.24. The molecule has 1 N–H and O–H groups in total. The van der Waals surface area contributed by atoms with Crippen LogP contribution in [0.5, 0.6) is 5.75 Å². The largest absolute Gasteiger partial charge is 0.557 e. The van der Waals surface area contributed by atoms with Crippen LogP contribution in [-0.4, -0.2) is 54.7 Å². The number of aromatic nitrogens is 1. The van der Waals surface area contributed by atoms with Crippen LogP contribution in [0.2, 0.25) is 5.02 Å². The highest BCUT2D eigenvalue weighted by atomic mass is 35.5. The van der Waals surface area contributed by atoms with Crippen LogP contribution >= 0.6 is 11.6 Å². The van der Waals surface area contributed by atoms with Gasteiger partial charge in [-0.3, -0.25) is 4.90 Å². The molecule has 3 aromatic rings. The Morgan fingerprint density at radius 3 is 2.77 bits per heavy atom. The van der Waals surface area contributed by atoms with Crippen LogP contribution in [0.3, 0.4) is 0 Å². The lowest BCUT2D eigenvalue weighted by atomic mass is 9.80. The van der Waals surface area contributed by atoms with Crippen molar-refractivity contribution >= 4 is 30.5 Å². The van der Waals surface area contributed by atoms with Crippen molar-refractivity contribution in [2.45, 2.75) is 6.54 Å². The Labute approximate surface area is 186 Å². The number of ether oxygens (including phenoxy) is 1. The van der Waals surface area contributed by atoms with E-state index in [9.17, 15) is 9.90 Å². The number of carboxylic acids is 1. The number of carbonyl (C=O) groups is 1. The molecule has 0 atom stereocenters. The van der Waals surface area contributed by atoms with Gasteiger partial charge >= 0.3 is 13.5 Å². The van der Waals surface area contributed by atoms with Gasteiger partial charge in [0.25, 0.3) is 0 Å². The maximum absolute atomic E-state index is 11.4. The number of morpholine rings is 1. The molecule has 1 aliphatic rings. The molecule has 0 saturated carbocycles. The fourth-order valence-electron chi connectivity index (χ4n) is 3.61. The topological polar surface area (TPSA) is 71.9 Å². The molecule has 0 bridgehead atoms. The highest BCUT2D eigenvalue weighted by molar-refractivity contribution is 6.50. The van der Waals surface area contributed by atoms with Crippen molar-refractivity contribution < 1.29 is 19.3 Å². The maximum Gasteiger partial charge on any atom is 0.374 e. The quantitative estimate of drug-likeness (QED) is 0.574. The van der Waals surface area contributed by atoms with Gasteiger partial charge in [0.15, 0.2) is 5.69 Å². The maximum atomic E-state index is 11.4. The summed E-state index contributed by atoms with van der Waals surface area (Å²) in [5.41, 5.74) is 4.02. The molecule has 1 fully saturated rings. The standard InChI is InChI=1S/C23H22BClN2O4/c25-18-4-1-3-17(14-18)19-13-16(15-27-9-11-30-12-10-27)6-7-20(19)24-31-21-5-2-8-26-22(21)23(28)29/h1-8,13-14,24H,9-12,15H2,(H,28,29). The van der Waals surface area contributed by atoms with Crippen LogP contribution in [0.4, 0.5) is 0 Å². The fraction of sp³-hybridized carbons (Fsp3) is 0.217. The van der Waals surface area contributed by atoms with E-state index in [1.165, 1.54) is 11.8 Å². The lowest BCUT2D eigenvalue weighted by Gasteiger charge is -2.27. The number of hydrogen-bond donors (Lipinski definition) is 1. The van der Waals surface area contributed by atoms with Gasteiger partial charge in [-0.1, -0.05) is 41.9 Å².